The van der Waals surface area contributed by atoms with Crippen LogP contribution in [0.15, 0.2) is 12.3 Å². The van der Waals surface area contributed by atoms with Gasteiger partial charge in [0.2, 0.25) is 0 Å². The number of nitrogens with two attached hydrogens (primary N) is 1. The van der Waals surface area contributed by atoms with Gasteiger partial charge in [0.05, 0.1) is 5.02 Å². The van der Waals surface area contributed by atoms with E-state index in [0.717, 1.165) is 12.4 Å². The standard InChI is InChI=1S/C14H21ClN4/c1-2-19(10-6-4-3-5-7-10)14-12(15)11(13(16)17)8-9-18-14/h8-10H,2-7H2,1H3,(H3,16,17). The van der Waals surface area contributed by atoms with Gasteiger partial charge in [-0.3, -0.25) is 5.41 Å². The van der Waals surface area contributed by atoms with Crippen molar-refractivity contribution in [1.29, 1.82) is 5.41 Å². The predicted molar refractivity (Wildman–Crippen MR) is 80.2 cm³/mol. The molecule has 0 bridgehead atoms. The Balaban J connectivity index is 2.32. The third kappa shape index (κ3) is 3.00. The van der Waals surface area contributed by atoms with Gasteiger partial charge in [-0.15, -0.1) is 0 Å². The van der Waals surface area contributed by atoms with E-state index in [1.807, 2.05) is 0 Å². The van der Waals surface area contributed by atoms with E-state index >= 15 is 0 Å². The number of anilines is 1. The molecule has 0 saturated heterocycles. The summed E-state index contributed by atoms with van der Waals surface area (Å²) >= 11 is 6.37. The van der Waals surface area contributed by atoms with Gasteiger partial charge < -0.3 is 10.6 Å². The molecule has 1 saturated carbocycles. The Bertz CT molecular complexity index is 455. The summed E-state index contributed by atoms with van der Waals surface area (Å²) in [6, 6.07) is 2.20. The molecule has 1 aromatic heterocycles. The largest absolute Gasteiger partial charge is 0.384 e. The number of amidine groups is 1. The molecule has 0 spiro atoms. The molecule has 0 radical (unpaired) electrons. The highest BCUT2D eigenvalue weighted by molar-refractivity contribution is 6.36. The SMILES string of the molecule is CCN(c1nccc(C(=N)N)c1Cl)C1CCCCC1. The zero-order chi connectivity index (χ0) is 13.8. The van der Waals surface area contributed by atoms with E-state index in [-0.39, 0.29) is 5.84 Å². The van der Waals surface area contributed by atoms with Crippen molar-refractivity contribution in [2.45, 2.75) is 45.1 Å². The average Bonchev–Trinajstić information content (AvgIpc) is 2.42. The van der Waals surface area contributed by atoms with E-state index in [2.05, 4.69) is 16.8 Å². The lowest BCUT2D eigenvalue weighted by Crippen LogP contribution is -2.37. The Kier molecular flexibility index (Phi) is 4.64. The van der Waals surface area contributed by atoms with Crippen LogP contribution in [0, 0.1) is 5.41 Å². The van der Waals surface area contributed by atoms with Gasteiger partial charge in [0.25, 0.3) is 0 Å². The summed E-state index contributed by atoms with van der Waals surface area (Å²) < 4.78 is 0. The van der Waals surface area contributed by atoms with Crippen LogP contribution in [0.1, 0.15) is 44.6 Å². The number of hydrogen-bond donors (Lipinski definition) is 2. The van der Waals surface area contributed by atoms with E-state index in [4.69, 9.17) is 22.7 Å². The summed E-state index contributed by atoms with van der Waals surface area (Å²) in [6.45, 7) is 2.99. The van der Waals surface area contributed by atoms with Crippen molar-refractivity contribution >= 4 is 23.3 Å². The van der Waals surface area contributed by atoms with Crippen LogP contribution < -0.4 is 10.6 Å². The van der Waals surface area contributed by atoms with Crippen molar-refractivity contribution in [3.8, 4) is 0 Å². The van der Waals surface area contributed by atoms with E-state index in [0.29, 0.717) is 16.6 Å². The first kappa shape index (κ1) is 14.1. The van der Waals surface area contributed by atoms with Crippen LogP contribution in [0.2, 0.25) is 5.02 Å². The summed E-state index contributed by atoms with van der Waals surface area (Å²) in [4.78, 5) is 6.67. The van der Waals surface area contributed by atoms with Crippen LogP contribution in [0.4, 0.5) is 5.82 Å². The molecule has 0 unspecified atom stereocenters. The minimum atomic E-state index is -0.00616. The first-order chi connectivity index (χ1) is 9.15. The van der Waals surface area contributed by atoms with Crippen LogP contribution in [0.25, 0.3) is 0 Å². The van der Waals surface area contributed by atoms with E-state index in [1.54, 1.807) is 12.3 Å². The lowest BCUT2D eigenvalue weighted by atomic mass is 9.94. The molecule has 0 aromatic carbocycles. The second kappa shape index (κ2) is 6.24. The van der Waals surface area contributed by atoms with E-state index in [9.17, 15) is 0 Å². The molecule has 19 heavy (non-hydrogen) atoms. The van der Waals surface area contributed by atoms with Crippen molar-refractivity contribution in [3.05, 3.63) is 22.8 Å². The normalized spacial score (nSPS) is 16.3. The summed E-state index contributed by atoms with van der Waals surface area (Å²) in [5, 5.41) is 8.06. The van der Waals surface area contributed by atoms with Crippen molar-refractivity contribution in [1.82, 2.24) is 4.98 Å². The maximum absolute atomic E-state index is 7.56. The molecular formula is C14H21ClN4. The lowest BCUT2D eigenvalue weighted by Gasteiger charge is -2.35. The molecule has 2 rings (SSSR count). The molecule has 3 N–H and O–H groups in total. The van der Waals surface area contributed by atoms with E-state index < -0.39 is 0 Å². The Morgan fingerprint density at radius 3 is 2.74 bits per heavy atom. The van der Waals surface area contributed by atoms with Crippen molar-refractivity contribution in [2.24, 2.45) is 5.73 Å². The zero-order valence-corrected chi connectivity index (χ0v) is 12.1. The average molecular weight is 281 g/mol. The fourth-order valence-corrected chi connectivity index (χ4v) is 3.14. The van der Waals surface area contributed by atoms with Gasteiger partial charge in [0, 0.05) is 24.3 Å². The highest BCUT2D eigenvalue weighted by Crippen LogP contribution is 2.32. The highest BCUT2D eigenvalue weighted by Gasteiger charge is 2.24. The fraction of sp³-hybridized carbons (Fsp3) is 0.571. The Morgan fingerprint density at radius 2 is 2.16 bits per heavy atom. The number of nitrogens with one attached hydrogen (secondary N) is 1. The molecule has 0 amide bonds. The first-order valence-electron chi connectivity index (χ1n) is 6.90. The van der Waals surface area contributed by atoms with Gasteiger partial charge in [-0.1, -0.05) is 30.9 Å². The molecule has 1 aromatic rings. The number of aromatic nitrogens is 1. The van der Waals surface area contributed by atoms with Crippen molar-refractivity contribution in [2.75, 3.05) is 11.4 Å². The molecule has 1 fully saturated rings. The maximum Gasteiger partial charge on any atom is 0.148 e. The van der Waals surface area contributed by atoms with Crippen LogP contribution >= 0.6 is 11.6 Å². The molecule has 1 aliphatic carbocycles. The number of hydrogen-bond acceptors (Lipinski definition) is 3. The third-order valence-electron chi connectivity index (χ3n) is 3.79. The zero-order valence-electron chi connectivity index (χ0n) is 11.3. The minimum absolute atomic E-state index is 0.00616. The van der Waals surface area contributed by atoms with Crippen LogP contribution in [0.3, 0.4) is 0 Å². The minimum Gasteiger partial charge on any atom is -0.384 e. The molecule has 0 aliphatic heterocycles. The third-order valence-corrected chi connectivity index (χ3v) is 4.16. The quantitative estimate of drug-likeness (QED) is 0.657. The Labute approximate surface area is 119 Å². The number of nitrogen functional groups attached to an aromatic ring is 1. The second-order valence-electron chi connectivity index (χ2n) is 4.99. The molecule has 4 nitrogen and oxygen atoms in total. The topological polar surface area (TPSA) is 66.0 Å². The highest BCUT2D eigenvalue weighted by atomic mass is 35.5. The van der Waals surface area contributed by atoms with Gasteiger partial charge in [0.1, 0.15) is 11.7 Å². The molecule has 0 atom stereocenters. The van der Waals surface area contributed by atoms with Crippen LogP contribution in [-0.2, 0) is 0 Å². The molecule has 5 heteroatoms. The summed E-state index contributed by atoms with van der Waals surface area (Å²) in [5.74, 6) is 0.761. The predicted octanol–water partition coefficient (Wildman–Crippen LogP) is 3.18. The van der Waals surface area contributed by atoms with Crippen LogP contribution in [-0.4, -0.2) is 23.4 Å². The number of pyridine rings is 1. The summed E-state index contributed by atoms with van der Waals surface area (Å²) in [6.07, 6.45) is 7.93. The number of nitrogens with zero attached hydrogens (tertiary/aromatic N) is 2. The van der Waals surface area contributed by atoms with Crippen molar-refractivity contribution < 1.29 is 0 Å². The van der Waals surface area contributed by atoms with Gasteiger partial charge in [0.15, 0.2) is 0 Å². The smallest absolute Gasteiger partial charge is 0.148 e. The molecular weight excluding hydrogens is 260 g/mol. The van der Waals surface area contributed by atoms with Crippen LogP contribution in [0.5, 0.6) is 0 Å². The number of rotatable bonds is 4. The van der Waals surface area contributed by atoms with Gasteiger partial charge in [-0.05, 0) is 25.8 Å². The Morgan fingerprint density at radius 1 is 1.47 bits per heavy atom. The van der Waals surface area contributed by atoms with Gasteiger partial charge >= 0.3 is 0 Å². The molecule has 1 heterocycles. The monoisotopic (exact) mass is 280 g/mol. The van der Waals surface area contributed by atoms with Crippen molar-refractivity contribution in [3.63, 3.8) is 0 Å². The maximum atomic E-state index is 7.56. The summed E-state index contributed by atoms with van der Waals surface area (Å²) in [7, 11) is 0. The Hall–Kier alpha value is -1.29. The molecule has 104 valence electrons. The fourth-order valence-electron chi connectivity index (χ4n) is 2.81. The van der Waals surface area contributed by atoms with Gasteiger partial charge in [-0.2, -0.15) is 0 Å². The van der Waals surface area contributed by atoms with Gasteiger partial charge in [-0.25, -0.2) is 4.98 Å². The summed E-state index contributed by atoms with van der Waals surface area (Å²) in [5.41, 5.74) is 6.13. The number of halogens is 1. The molecule has 1 aliphatic rings. The lowest BCUT2D eigenvalue weighted by molar-refractivity contribution is 0.416. The first-order valence-corrected chi connectivity index (χ1v) is 7.28. The second-order valence-corrected chi connectivity index (χ2v) is 5.37. The van der Waals surface area contributed by atoms with E-state index in [1.165, 1.54) is 32.1 Å².